The van der Waals surface area contributed by atoms with Crippen molar-refractivity contribution in [2.75, 3.05) is 35.7 Å². The molecule has 112 valence electrons. The molecule has 2 fully saturated rings. The van der Waals surface area contributed by atoms with Crippen molar-refractivity contribution in [1.82, 2.24) is 0 Å². The summed E-state index contributed by atoms with van der Waals surface area (Å²) >= 11 is 0. The zero-order valence-electron chi connectivity index (χ0n) is 11.8. The van der Waals surface area contributed by atoms with E-state index in [1.54, 1.807) is 0 Å². The molecular formula is C15H19N3O3. The minimum absolute atomic E-state index is 0.0496. The first-order chi connectivity index (χ1) is 10.2. The van der Waals surface area contributed by atoms with Gasteiger partial charge in [0, 0.05) is 12.6 Å². The number of nitrogen functional groups attached to an aromatic ring is 1. The number of carbonyl (C=O) groups excluding carboxylic acids is 1. The van der Waals surface area contributed by atoms with Gasteiger partial charge in [-0.25, -0.2) is 0 Å². The Kier molecular flexibility index (Phi) is 2.92. The van der Waals surface area contributed by atoms with Gasteiger partial charge in [0.25, 0.3) is 5.91 Å². The highest BCUT2D eigenvalue weighted by molar-refractivity contribution is 5.97. The number of nitrogens with two attached hydrogens (primary N) is 1. The molecule has 1 saturated carbocycles. The molecule has 2 heterocycles. The maximum atomic E-state index is 11.5. The van der Waals surface area contributed by atoms with Gasteiger partial charge in [-0.1, -0.05) is 0 Å². The fourth-order valence-corrected chi connectivity index (χ4v) is 3.60. The van der Waals surface area contributed by atoms with E-state index in [-0.39, 0.29) is 12.5 Å². The van der Waals surface area contributed by atoms with E-state index >= 15 is 0 Å². The highest BCUT2D eigenvalue weighted by atomic mass is 16.5. The fraction of sp³-hybridized carbons (Fsp3) is 0.533. The van der Waals surface area contributed by atoms with Crippen molar-refractivity contribution in [3.8, 4) is 5.75 Å². The number of ether oxygens (including phenoxy) is 2. The van der Waals surface area contributed by atoms with Crippen LogP contribution < -0.4 is 20.7 Å². The molecule has 2 aliphatic heterocycles. The standard InChI is InChI=1S/C15H19N3O3/c16-9-6-14-10(17-15(19)8-21-14)7-12(9)18-4-5-20-13-3-1-2-11(13)18/h6-7,11,13H,1-5,8,16H2,(H,17,19). The molecule has 1 aromatic carbocycles. The van der Waals surface area contributed by atoms with Gasteiger partial charge in [0.15, 0.2) is 6.61 Å². The summed E-state index contributed by atoms with van der Waals surface area (Å²) in [6.07, 6.45) is 3.74. The third-order valence-electron chi connectivity index (χ3n) is 4.55. The number of morpholine rings is 1. The number of hydrogen-bond donors (Lipinski definition) is 2. The molecule has 21 heavy (non-hydrogen) atoms. The molecule has 1 amide bonds. The summed E-state index contributed by atoms with van der Waals surface area (Å²) < 4.78 is 11.3. The largest absolute Gasteiger partial charge is 0.482 e. The maximum Gasteiger partial charge on any atom is 0.262 e. The quantitative estimate of drug-likeness (QED) is 0.763. The monoisotopic (exact) mass is 289 g/mol. The zero-order chi connectivity index (χ0) is 14.4. The number of carbonyl (C=O) groups is 1. The van der Waals surface area contributed by atoms with Gasteiger partial charge in [-0.3, -0.25) is 4.79 Å². The number of fused-ring (bicyclic) bond motifs is 2. The molecule has 0 aromatic heterocycles. The molecular weight excluding hydrogens is 270 g/mol. The Morgan fingerprint density at radius 2 is 2.24 bits per heavy atom. The first kappa shape index (κ1) is 12.8. The third-order valence-corrected chi connectivity index (χ3v) is 4.55. The number of anilines is 3. The van der Waals surface area contributed by atoms with E-state index < -0.39 is 0 Å². The number of amides is 1. The van der Waals surface area contributed by atoms with Crippen LogP contribution in [0.2, 0.25) is 0 Å². The zero-order valence-corrected chi connectivity index (χ0v) is 11.8. The summed E-state index contributed by atoms with van der Waals surface area (Å²) in [5.74, 6) is 0.519. The average molecular weight is 289 g/mol. The molecule has 0 spiro atoms. The third kappa shape index (κ3) is 2.10. The van der Waals surface area contributed by atoms with Crippen LogP contribution in [0.15, 0.2) is 12.1 Å². The lowest BCUT2D eigenvalue weighted by atomic mass is 10.1. The number of hydrogen-bond acceptors (Lipinski definition) is 5. The Balaban J connectivity index is 1.71. The van der Waals surface area contributed by atoms with Crippen LogP contribution >= 0.6 is 0 Å². The smallest absolute Gasteiger partial charge is 0.262 e. The Labute approximate surface area is 123 Å². The normalized spacial score (nSPS) is 27.6. The summed E-state index contributed by atoms with van der Waals surface area (Å²) in [6, 6.07) is 4.13. The van der Waals surface area contributed by atoms with Crippen LogP contribution in [0.4, 0.5) is 17.1 Å². The lowest BCUT2D eigenvalue weighted by Gasteiger charge is -2.40. The van der Waals surface area contributed by atoms with Crippen LogP contribution in [-0.4, -0.2) is 37.8 Å². The van der Waals surface area contributed by atoms with E-state index in [4.69, 9.17) is 15.2 Å². The second kappa shape index (κ2) is 4.80. The van der Waals surface area contributed by atoms with E-state index in [1.165, 1.54) is 6.42 Å². The minimum Gasteiger partial charge on any atom is -0.482 e. The maximum absolute atomic E-state index is 11.5. The van der Waals surface area contributed by atoms with Gasteiger partial charge in [-0.15, -0.1) is 0 Å². The summed E-state index contributed by atoms with van der Waals surface area (Å²) in [5, 5.41) is 2.85. The van der Waals surface area contributed by atoms with Crippen molar-refractivity contribution in [1.29, 1.82) is 0 Å². The number of rotatable bonds is 1. The van der Waals surface area contributed by atoms with Gasteiger partial charge in [-0.05, 0) is 25.3 Å². The topological polar surface area (TPSA) is 76.8 Å². The summed E-state index contributed by atoms with van der Waals surface area (Å²) in [6.45, 7) is 1.60. The number of nitrogens with zero attached hydrogens (tertiary/aromatic N) is 1. The highest BCUT2D eigenvalue weighted by Crippen LogP contribution is 2.41. The predicted octanol–water partition coefficient (Wildman–Crippen LogP) is 1.36. The van der Waals surface area contributed by atoms with Crippen LogP contribution in [0.25, 0.3) is 0 Å². The molecule has 1 saturated heterocycles. The van der Waals surface area contributed by atoms with Crippen molar-refractivity contribution in [3.63, 3.8) is 0 Å². The van der Waals surface area contributed by atoms with Gasteiger partial charge < -0.3 is 25.4 Å². The van der Waals surface area contributed by atoms with Crippen molar-refractivity contribution >= 4 is 23.0 Å². The van der Waals surface area contributed by atoms with E-state index in [2.05, 4.69) is 10.2 Å². The Morgan fingerprint density at radius 1 is 1.33 bits per heavy atom. The molecule has 0 bridgehead atoms. The molecule has 2 atom stereocenters. The van der Waals surface area contributed by atoms with Crippen LogP contribution in [0.1, 0.15) is 19.3 Å². The first-order valence-corrected chi connectivity index (χ1v) is 7.47. The van der Waals surface area contributed by atoms with Crippen molar-refractivity contribution in [3.05, 3.63) is 12.1 Å². The summed E-state index contributed by atoms with van der Waals surface area (Å²) in [5.41, 5.74) is 8.59. The Hall–Kier alpha value is -1.95. The van der Waals surface area contributed by atoms with Gasteiger partial charge >= 0.3 is 0 Å². The van der Waals surface area contributed by atoms with Crippen LogP contribution in [0.3, 0.4) is 0 Å². The number of nitrogens with one attached hydrogen (secondary N) is 1. The lowest BCUT2D eigenvalue weighted by Crippen LogP contribution is -2.49. The number of benzene rings is 1. The minimum atomic E-state index is -0.126. The van der Waals surface area contributed by atoms with Crippen LogP contribution in [0.5, 0.6) is 5.75 Å². The Morgan fingerprint density at radius 3 is 3.14 bits per heavy atom. The molecule has 0 radical (unpaired) electrons. The lowest BCUT2D eigenvalue weighted by molar-refractivity contribution is -0.118. The predicted molar refractivity (Wildman–Crippen MR) is 79.7 cm³/mol. The molecule has 4 rings (SSSR count). The van der Waals surface area contributed by atoms with E-state index in [0.29, 0.717) is 29.3 Å². The second-order valence-corrected chi connectivity index (χ2v) is 5.84. The second-order valence-electron chi connectivity index (χ2n) is 5.84. The average Bonchev–Trinajstić information content (AvgIpc) is 2.95. The summed E-state index contributed by atoms with van der Waals surface area (Å²) in [7, 11) is 0. The van der Waals surface area contributed by atoms with Crippen molar-refractivity contribution < 1.29 is 14.3 Å². The molecule has 6 nitrogen and oxygen atoms in total. The van der Waals surface area contributed by atoms with E-state index in [0.717, 1.165) is 31.7 Å². The molecule has 6 heteroatoms. The van der Waals surface area contributed by atoms with Gasteiger partial charge in [0.2, 0.25) is 0 Å². The first-order valence-electron chi connectivity index (χ1n) is 7.47. The van der Waals surface area contributed by atoms with Gasteiger partial charge in [0.05, 0.1) is 35.8 Å². The van der Waals surface area contributed by atoms with E-state index in [1.807, 2.05) is 12.1 Å². The van der Waals surface area contributed by atoms with Crippen molar-refractivity contribution in [2.45, 2.75) is 31.4 Å². The molecule has 2 unspecified atom stereocenters. The molecule has 3 N–H and O–H groups in total. The van der Waals surface area contributed by atoms with Gasteiger partial charge in [0.1, 0.15) is 5.75 Å². The fourth-order valence-electron chi connectivity index (χ4n) is 3.60. The van der Waals surface area contributed by atoms with Crippen LogP contribution in [0, 0.1) is 0 Å². The van der Waals surface area contributed by atoms with E-state index in [9.17, 15) is 4.79 Å². The van der Waals surface area contributed by atoms with Crippen molar-refractivity contribution in [2.24, 2.45) is 0 Å². The Bertz CT molecular complexity index is 590. The van der Waals surface area contributed by atoms with Gasteiger partial charge in [-0.2, -0.15) is 0 Å². The van der Waals surface area contributed by atoms with Crippen LogP contribution in [-0.2, 0) is 9.53 Å². The molecule has 3 aliphatic rings. The highest BCUT2D eigenvalue weighted by Gasteiger charge is 2.37. The summed E-state index contributed by atoms with van der Waals surface area (Å²) in [4.78, 5) is 13.8. The molecule has 1 aliphatic carbocycles. The molecule has 1 aromatic rings. The SMILES string of the molecule is Nc1cc2c(cc1N1CCOC3CCCC31)NC(=O)CO2.